The molecule has 26 heavy (non-hydrogen) atoms. The van der Waals surface area contributed by atoms with Crippen LogP contribution in [-0.4, -0.2) is 28.6 Å². The van der Waals surface area contributed by atoms with E-state index in [4.69, 9.17) is 0 Å². The van der Waals surface area contributed by atoms with Crippen LogP contribution in [0.3, 0.4) is 0 Å². The zero-order valence-electron chi connectivity index (χ0n) is 15.0. The predicted octanol–water partition coefficient (Wildman–Crippen LogP) is 3.80. The summed E-state index contributed by atoms with van der Waals surface area (Å²) >= 11 is 0. The molecule has 0 saturated carbocycles. The lowest BCUT2D eigenvalue weighted by atomic mass is 10.0. The zero-order valence-corrected chi connectivity index (χ0v) is 15.0. The molecule has 0 unspecified atom stereocenters. The standard InChI is InChI=1S/C21H25FN2O2/c1-15(25)18-9-7-16(8-10-18)14-23-21(26)24-11-3-6-20(24)13-17-4-2-5-19(22)12-17/h2,4-5,7-10,12,15,20,25H,3,6,11,13-14H2,1H3,(H,23,26)/t15-,20-/m1/s1. The van der Waals surface area contributed by atoms with Gasteiger partial charge in [0.1, 0.15) is 5.82 Å². The van der Waals surface area contributed by atoms with E-state index in [0.717, 1.165) is 36.1 Å². The van der Waals surface area contributed by atoms with E-state index in [1.165, 1.54) is 12.1 Å². The number of carbonyl (C=O) groups is 1. The Kier molecular flexibility index (Phi) is 5.89. The van der Waals surface area contributed by atoms with Gasteiger partial charge in [-0.2, -0.15) is 0 Å². The van der Waals surface area contributed by atoms with Crippen molar-refractivity contribution in [2.45, 2.75) is 44.9 Å². The van der Waals surface area contributed by atoms with Crippen molar-refractivity contribution in [1.29, 1.82) is 0 Å². The van der Waals surface area contributed by atoms with Crippen LogP contribution in [0.2, 0.25) is 0 Å². The minimum absolute atomic E-state index is 0.0801. The van der Waals surface area contributed by atoms with Crippen LogP contribution in [-0.2, 0) is 13.0 Å². The summed E-state index contributed by atoms with van der Waals surface area (Å²) in [7, 11) is 0. The molecule has 0 bridgehead atoms. The van der Waals surface area contributed by atoms with E-state index in [9.17, 15) is 14.3 Å². The Hall–Kier alpha value is -2.40. The van der Waals surface area contributed by atoms with Crippen LogP contribution in [0.4, 0.5) is 9.18 Å². The Bertz CT molecular complexity index is 746. The van der Waals surface area contributed by atoms with E-state index in [0.29, 0.717) is 13.0 Å². The fourth-order valence-electron chi connectivity index (χ4n) is 3.44. The minimum atomic E-state index is -0.494. The van der Waals surface area contributed by atoms with Gasteiger partial charge in [0.15, 0.2) is 0 Å². The highest BCUT2D eigenvalue weighted by atomic mass is 19.1. The average molecular weight is 356 g/mol. The number of halogens is 1. The summed E-state index contributed by atoms with van der Waals surface area (Å²) in [5, 5.41) is 12.5. The third-order valence-corrected chi connectivity index (χ3v) is 4.90. The van der Waals surface area contributed by atoms with Gasteiger partial charge < -0.3 is 15.3 Å². The molecule has 1 fully saturated rings. The van der Waals surface area contributed by atoms with Crippen molar-refractivity contribution in [3.63, 3.8) is 0 Å². The minimum Gasteiger partial charge on any atom is -0.389 e. The van der Waals surface area contributed by atoms with Crippen molar-refractivity contribution in [3.8, 4) is 0 Å². The molecule has 4 nitrogen and oxygen atoms in total. The van der Waals surface area contributed by atoms with Crippen LogP contribution in [0, 0.1) is 5.82 Å². The fraction of sp³-hybridized carbons (Fsp3) is 0.381. The molecular formula is C21H25FN2O2. The lowest BCUT2D eigenvalue weighted by Crippen LogP contribution is -2.43. The Morgan fingerprint density at radius 3 is 2.73 bits per heavy atom. The van der Waals surface area contributed by atoms with Gasteiger partial charge >= 0.3 is 6.03 Å². The molecule has 1 saturated heterocycles. The van der Waals surface area contributed by atoms with Crippen LogP contribution < -0.4 is 5.32 Å². The highest BCUT2D eigenvalue weighted by Crippen LogP contribution is 2.22. The maximum absolute atomic E-state index is 13.4. The van der Waals surface area contributed by atoms with Crippen LogP contribution in [0.15, 0.2) is 48.5 Å². The SMILES string of the molecule is C[C@@H](O)c1ccc(CNC(=O)N2CCC[C@@H]2Cc2cccc(F)c2)cc1. The molecular weight excluding hydrogens is 331 g/mol. The number of carbonyl (C=O) groups excluding carboxylic acids is 1. The van der Waals surface area contributed by atoms with Gasteiger partial charge in [0.05, 0.1) is 6.10 Å². The first-order chi connectivity index (χ1) is 12.5. The number of aliphatic hydroxyl groups excluding tert-OH is 1. The number of amides is 2. The van der Waals surface area contributed by atoms with Gasteiger partial charge in [-0.25, -0.2) is 9.18 Å². The van der Waals surface area contributed by atoms with Crippen molar-refractivity contribution in [1.82, 2.24) is 10.2 Å². The topological polar surface area (TPSA) is 52.6 Å². The largest absolute Gasteiger partial charge is 0.389 e. The maximum atomic E-state index is 13.4. The summed E-state index contributed by atoms with van der Waals surface area (Å²) in [4.78, 5) is 14.4. The zero-order chi connectivity index (χ0) is 18.5. The van der Waals surface area contributed by atoms with E-state index < -0.39 is 6.10 Å². The summed E-state index contributed by atoms with van der Waals surface area (Å²) in [5.74, 6) is -0.239. The maximum Gasteiger partial charge on any atom is 0.317 e. The molecule has 2 amide bonds. The van der Waals surface area contributed by atoms with E-state index in [1.807, 2.05) is 35.2 Å². The summed E-state index contributed by atoms with van der Waals surface area (Å²) in [6.07, 6.45) is 2.09. The molecule has 3 rings (SSSR count). The van der Waals surface area contributed by atoms with Gasteiger partial charge in [0, 0.05) is 19.1 Å². The summed E-state index contributed by atoms with van der Waals surface area (Å²) in [6.45, 7) is 2.90. The van der Waals surface area contributed by atoms with E-state index in [1.54, 1.807) is 13.0 Å². The third kappa shape index (κ3) is 4.61. The van der Waals surface area contributed by atoms with Crippen LogP contribution >= 0.6 is 0 Å². The molecule has 2 aromatic rings. The molecule has 0 spiro atoms. The molecule has 0 aromatic heterocycles. The number of benzene rings is 2. The summed E-state index contributed by atoms with van der Waals surface area (Å²) in [6, 6.07) is 14.2. The molecule has 1 aliphatic rings. The second-order valence-corrected chi connectivity index (χ2v) is 6.90. The van der Waals surface area contributed by atoms with Crippen LogP contribution in [0.25, 0.3) is 0 Å². The molecule has 2 N–H and O–H groups in total. The normalized spacial score (nSPS) is 18.0. The average Bonchev–Trinajstić information content (AvgIpc) is 3.08. The van der Waals surface area contributed by atoms with E-state index in [-0.39, 0.29) is 17.9 Å². The number of rotatable bonds is 5. The predicted molar refractivity (Wildman–Crippen MR) is 99.1 cm³/mol. The lowest BCUT2D eigenvalue weighted by Gasteiger charge is -2.25. The quantitative estimate of drug-likeness (QED) is 0.856. The summed E-state index contributed by atoms with van der Waals surface area (Å²) in [5.41, 5.74) is 2.77. The van der Waals surface area contributed by atoms with Gasteiger partial charge in [-0.3, -0.25) is 0 Å². The Morgan fingerprint density at radius 2 is 2.04 bits per heavy atom. The number of nitrogens with zero attached hydrogens (tertiary/aromatic N) is 1. The smallest absolute Gasteiger partial charge is 0.317 e. The monoisotopic (exact) mass is 356 g/mol. The lowest BCUT2D eigenvalue weighted by molar-refractivity contribution is 0.191. The van der Waals surface area contributed by atoms with Crippen molar-refractivity contribution < 1.29 is 14.3 Å². The molecule has 138 valence electrons. The van der Waals surface area contributed by atoms with Crippen LogP contribution in [0.5, 0.6) is 0 Å². The second-order valence-electron chi connectivity index (χ2n) is 6.90. The molecule has 1 heterocycles. The molecule has 0 radical (unpaired) electrons. The van der Waals surface area contributed by atoms with E-state index in [2.05, 4.69) is 5.32 Å². The Labute approximate surface area is 153 Å². The molecule has 0 aliphatic carbocycles. The first kappa shape index (κ1) is 18.4. The highest BCUT2D eigenvalue weighted by molar-refractivity contribution is 5.74. The van der Waals surface area contributed by atoms with Crippen molar-refractivity contribution in [2.24, 2.45) is 0 Å². The second kappa shape index (κ2) is 8.32. The van der Waals surface area contributed by atoms with Gasteiger partial charge in [-0.1, -0.05) is 36.4 Å². The van der Waals surface area contributed by atoms with E-state index >= 15 is 0 Å². The Balaban J connectivity index is 1.56. The number of aliphatic hydroxyl groups is 1. The van der Waals surface area contributed by atoms with Crippen molar-refractivity contribution in [3.05, 3.63) is 71.0 Å². The molecule has 2 atom stereocenters. The first-order valence-electron chi connectivity index (χ1n) is 9.09. The molecule has 5 heteroatoms. The number of urea groups is 1. The van der Waals surface area contributed by atoms with Gasteiger partial charge in [-0.15, -0.1) is 0 Å². The fourth-order valence-corrected chi connectivity index (χ4v) is 3.44. The van der Waals surface area contributed by atoms with Gasteiger partial charge in [0.2, 0.25) is 0 Å². The van der Waals surface area contributed by atoms with Crippen LogP contribution in [0.1, 0.15) is 42.6 Å². The number of hydrogen-bond donors (Lipinski definition) is 2. The van der Waals surface area contributed by atoms with Gasteiger partial charge in [0.25, 0.3) is 0 Å². The van der Waals surface area contributed by atoms with Crippen molar-refractivity contribution >= 4 is 6.03 Å². The number of nitrogens with one attached hydrogen (secondary N) is 1. The number of hydrogen-bond acceptors (Lipinski definition) is 2. The molecule has 1 aliphatic heterocycles. The van der Waals surface area contributed by atoms with Crippen molar-refractivity contribution in [2.75, 3.05) is 6.54 Å². The van der Waals surface area contributed by atoms with Gasteiger partial charge in [-0.05, 0) is 55.0 Å². The third-order valence-electron chi connectivity index (χ3n) is 4.90. The number of likely N-dealkylation sites (tertiary alicyclic amines) is 1. The highest BCUT2D eigenvalue weighted by Gasteiger charge is 2.28. The first-order valence-corrected chi connectivity index (χ1v) is 9.09. The molecule has 2 aromatic carbocycles. The Morgan fingerprint density at radius 1 is 1.27 bits per heavy atom. The summed E-state index contributed by atoms with van der Waals surface area (Å²) < 4.78 is 13.4.